The summed E-state index contributed by atoms with van der Waals surface area (Å²) >= 11 is 0. The van der Waals surface area contributed by atoms with Crippen LogP contribution in [-0.4, -0.2) is 73.4 Å². The van der Waals surface area contributed by atoms with Crippen LogP contribution in [0.25, 0.3) is 0 Å². The molecule has 0 radical (unpaired) electrons. The fourth-order valence-corrected chi connectivity index (χ4v) is 4.81. The first-order chi connectivity index (χ1) is 19.5. The zero-order chi connectivity index (χ0) is 30.8. The second-order valence-electron chi connectivity index (χ2n) is 11.8. The van der Waals surface area contributed by atoms with Crippen molar-refractivity contribution >= 4 is 13.7 Å². The molecule has 9 heteroatoms. The number of hydrogen-bond donors (Lipinski definition) is 3. The minimum Gasteiger partial charge on any atom is -0.387 e. The molecule has 0 spiro atoms. The zero-order valence-corrected chi connectivity index (χ0v) is 27.7. The molecule has 0 rings (SSSR count). The third-order valence-corrected chi connectivity index (χ3v) is 7.67. The third-order valence-electron chi connectivity index (χ3n) is 6.69. The van der Waals surface area contributed by atoms with Crippen molar-refractivity contribution in [1.82, 2.24) is 5.32 Å². The molecule has 0 aliphatic heterocycles. The Labute approximate surface area is 251 Å². The van der Waals surface area contributed by atoms with Crippen LogP contribution < -0.4 is 5.32 Å². The summed E-state index contributed by atoms with van der Waals surface area (Å²) in [7, 11) is 1.54. The van der Waals surface area contributed by atoms with Gasteiger partial charge in [-0.1, -0.05) is 101 Å². The maximum Gasteiger partial charge on any atom is 0.472 e. The Hall–Kier alpha value is -1.28. The number of allylic oxidation sites excluding steroid dienone is 5. The monoisotopic (exact) mass is 601 g/mol. The summed E-state index contributed by atoms with van der Waals surface area (Å²) in [5, 5.41) is 13.6. The SMILES string of the molecule is C/C=C/CC/C=C/CC/C=C/C(O)C(COP(=O)(O)OCC[N+](C)(C)C)NC(=O)CCCCCCCCCCCC. The highest BCUT2D eigenvalue weighted by Crippen LogP contribution is 2.43. The first kappa shape index (κ1) is 39.7. The smallest absolute Gasteiger partial charge is 0.387 e. The van der Waals surface area contributed by atoms with Crippen LogP contribution in [0.15, 0.2) is 36.5 Å². The fourth-order valence-electron chi connectivity index (χ4n) is 4.08. The zero-order valence-electron chi connectivity index (χ0n) is 26.8. The number of hydrogen-bond acceptors (Lipinski definition) is 5. The molecule has 3 unspecified atom stereocenters. The van der Waals surface area contributed by atoms with E-state index in [1.807, 2.05) is 40.2 Å². The molecular weight excluding hydrogens is 539 g/mol. The molecule has 0 saturated heterocycles. The van der Waals surface area contributed by atoms with E-state index in [1.54, 1.807) is 6.08 Å². The van der Waals surface area contributed by atoms with E-state index in [0.717, 1.165) is 44.9 Å². The topological polar surface area (TPSA) is 105 Å². The second-order valence-corrected chi connectivity index (χ2v) is 13.3. The largest absolute Gasteiger partial charge is 0.472 e. The van der Waals surface area contributed by atoms with Crippen molar-refractivity contribution in [2.75, 3.05) is 40.9 Å². The maximum atomic E-state index is 12.6. The van der Waals surface area contributed by atoms with Gasteiger partial charge in [-0.2, -0.15) is 0 Å². The molecule has 0 aliphatic rings. The lowest BCUT2D eigenvalue weighted by Gasteiger charge is -2.25. The number of likely N-dealkylation sites (N-methyl/N-ethyl adjacent to an activating group) is 1. The number of phosphoric acid groups is 1. The quantitative estimate of drug-likeness (QED) is 0.0397. The number of aliphatic hydroxyl groups excluding tert-OH is 1. The highest BCUT2D eigenvalue weighted by molar-refractivity contribution is 7.47. The van der Waals surface area contributed by atoms with Gasteiger partial charge in [0.05, 0.1) is 39.9 Å². The highest BCUT2D eigenvalue weighted by Gasteiger charge is 2.27. The molecule has 0 bridgehead atoms. The lowest BCUT2D eigenvalue weighted by Crippen LogP contribution is -2.45. The van der Waals surface area contributed by atoms with E-state index >= 15 is 0 Å². The van der Waals surface area contributed by atoms with Crippen LogP contribution in [0.4, 0.5) is 0 Å². The molecule has 41 heavy (non-hydrogen) atoms. The Morgan fingerprint density at radius 1 is 0.854 bits per heavy atom. The molecule has 0 aromatic rings. The van der Waals surface area contributed by atoms with Crippen molar-refractivity contribution in [1.29, 1.82) is 0 Å². The number of nitrogens with zero attached hydrogens (tertiary/aromatic N) is 1. The highest BCUT2D eigenvalue weighted by atomic mass is 31.2. The molecule has 0 aliphatic carbocycles. The summed E-state index contributed by atoms with van der Waals surface area (Å²) in [6.45, 7) is 4.49. The molecule has 0 saturated carbocycles. The van der Waals surface area contributed by atoms with Gasteiger partial charge in [-0.3, -0.25) is 13.8 Å². The van der Waals surface area contributed by atoms with Crippen LogP contribution in [0.1, 0.15) is 110 Å². The van der Waals surface area contributed by atoms with Crippen molar-refractivity contribution in [3.8, 4) is 0 Å². The first-order valence-electron chi connectivity index (χ1n) is 15.8. The van der Waals surface area contributed by atoms with Gasteiger partial charge < -0.3 is 19.8 Å². The number of aliphatic hydroxyl groups is 1. The number of carbonyl (C=O) groups excluding carboxylic acids is 1. The minimum atomic E-state index is -4.32. The molecule has 0 aromatic heterocycles. The summed E-state index contributed by atoms with van der Waals surface area (Å²) in [6, 6.07) is -0.860. The summed E-state index contributed by atoms with van der Waals surface area (Å²) < 4.78 is 23.2. The van der Waals surface area contributed by atoms with Gasteiger partial charge in [0.25, 0.3) is 0 Å². The van der Waals surface area contributed by atoms with Crippen molar-refractivity contribution in [2.24, 2.45) is 0 Å². The average Bonchev–Trinajstić information content (AvgIpc) is 2.90. The van der Waals surface area contributed by atoms with E-state index in [4.69, 9.17) is 9.05 Å². The molecule has 0 heterocycles. The van der Waals surface area contributed by atoms with Crippen LogP contribution in [-0.2, 0) is 18.4 Å². The Balaban J connectivity index is 4.71. The second kappa shape index (κ2) is 25.2. The lowest BCUT2D eigenvalue weighted by atomic mass is 10.1. The van der Waals surface area contributed by atoms with E-state index in [-0.39, 0.29) is 19.1 Å². The van der Waals surface area contributed by atoms with Gasteiger partial charge in [-0.25, -0.2) is 4.57 Å². The molecule has 8 nitrogen and oxygen atoms in total. The van der Waals surface area contributed by atoms with Crippen LogP contribution in [0.5, 0.6) is 0 Å². The van der Waals surface area contributed by atoms with Crippen LogP contribution in [0, 0.1) is 0 Å². The number of phosphoric ester groups is 1. The van der Waals surface area contributed by atoms with E-state index in [1.165, 1.54) is 44.9 Å². The fraction of sp³-hybridized carbons (Fsp3) is 0.781. The van der Waals surface area contributed by atoms with Gasteiger partial charge in [-0.05, 0) is 39.0 Å². The van der Waals surface area contributed by atoms with Gasteiger partial charge in [0.1, 0.15) is 13.2 Å². The molecule has 1 amide bonds. The average molecular weight is 602 g/mol. The molecule has 240 valence electrons. The standard InChI is InChI=1S/C32H61N2O6P/c1-6-8-10-12-14-16-18-20-22-24-26-32(36)33-30(29-40-41(37,38)39-28-27-34(3,4)5)31(35)25-23-21-19-17-15-13-11-9-7-2/h7,9,15,17,23,25,30-31,35H,6,8,10-14,16,18-22,24,26-29H2,1-5H3,(H-,33,36,37,38)/p+1/b9-7+,17-15+,25-23+. The summed E-state index contributed by atoms with van der Waals surface area (Å²) in [5.41, 5.74) is 0. The van der Waals surface area contributed by atoms with Crippen molar-refractivity contribution in [3.63, 3.8) is 0 Å². The van der Waals surface area contributed by atoms with Gasteiger partial charge in [0.15, 0.2) is 0 Å². The minimum absolute atomic E-state index is 0.0533. The number of unbranched alkanes of at least 4 members (excludes halogenated alkanes) is 11. The molecule has 0 aromatic carbocycles. The summed E-state index contributed by atoms with van der Waals surface area (Å²) in [5.74, 6) is -0.201. The van der Waals surface area contributed by atoms with Crippen molar-refractivity contribution < 1.29 is 32.9 Å². The van der Waals surface area contributed by atoms with E-state index < -0.39 is 20.0 Å². The third kappa shape index (κ3) is 27.3. The number of amides is 1. The maximum absolute atomic E-state index is 12.6. The molecule has 0 fully saturated rings. The van der Waals surface area contributed by atoms with Gasteiger partial charge >= 0.3 is 7.82 Å². The van der Waals surface area contributed by atoms with Gasteiger partial charge in [-0.15, -0.1) is 0 Å². The van der Waals surface area contributed by atoms with E-state index in [2.05, 4.69) is 30.5 Å². The van der Waals surface area contributed by atoms with E-state index in [9.17, 15) is 19.4 Å². The summed E-state index contributed by atoms with van der Waals surface area (Å²) in [6.07, 6.45) is 26.6. The predicted octanol–water partition coefficient (Wildman–Crippen LogP) is 7.23. The number of rotatable bonds is 27. The molecular formula is C32H62N2O6P+. The molecule has 3 atom stereocenters. The van der Waals surface area contributed by atoms with Gasteiger partial charge in [0.2, 0.25) is 5.91 Å². The lowest BCUT2D eigenvalue weighted by molar-refractivity contribution is -0.870. The number of nitrogens with one attached hydrogen (secondary N) is 1. The van der Waals surface area contributed by atoms with Crippen LogP contribution >= 0.6 is 7.82 Å². The van der Waals surface area contributed by atoms with Crippen molar-refractivity contribution in [3.05, 3.63) is 36.5 Å². The van der Waals surface area contributed by atoms with E-state index in [0.29, 0.717) is 17.4 Å². The predicted molar refractivity (Wildman–Crippen MR) is 171 cm³/mol. The normalized spacial score (nSPS) is 15.6. The Kier molecular flexibility index (Phi) is 24.5. The summed E-state index contributed by atoms with van der Waals surface area (Å²) in [4.78, 5) is 22.8. The molecule has 3 N–H and O–H groups in total. The Morgan fingerprint density at radius 2 is 1.39 bits per heavy atom. The number of quaternary nitrogens is 1. The Bertz CT molecular complexity index is 779. The Morgan fingerprint density at radius 3 is 1.95 bits per heavy atom. The van der Waals surface area contributed by atoms with Crippen LogP contribution in [0.2, 0.25) is 0 Å². The number of carbonyl (C=O) groups is 1. The van der Waals surface area contributed by atoms with Crippen LogP contribution in [0.3, 0.4) is 0 Å². The first-order valence-corrected chi connectivity index (χ1v) is 17.3. The van der Waals surface area contributed by atoms with Crippen molar-refractivity contribution in [2.45, 2.75) is 122 Å². The van der Waals surface area contributed by atoms with Gasteiger partial charge in [0, 0.05) is 6.42 Å².